The van der Waals surface area contributed by atoms with E-state index in [-0.39, 0.29) is 11.8 Å². The van der Waals surface area contributed by atoms with Gasteiger partial charge in [-0.2, -0.15) is 0 Å². The number of hydrogen-bond acceptors (Lipinski definition) is 4. The van der Waals surface area contributed by atoms with Crippen molar-refractivity contribution in [3.8, 4) is 0 Å². The van der Waals surface area contributed by atoms with Gasteiger partial charge in [0.1, 0.15) is 5.70 Å². The third kappa shape index (κ3) is 4.29. The van der Waals surface area contributed by atoms with Crippen LogP contribution in [0.5, 0.6) is 0 Å². The molecule has 4 rings (SSSR count). The predicted molar refractivity (Wildman–Crippen MR) is 135 cm³/mol. The summed E-state index contributed by atoms with van der Waals surface area (Å²) in [6.07, 6.45) is 2.19. The minimum atomic E-state index is -0.226. The van der Waals surface area contributed by atoms with Crippen LogP contribution in [0.4, 0.5) is 11.4 Å². The lowest BCUT2D eigenvalue weighted by molar-refractivity contribution is -0.120. The summed E-state index contributed by atoms with van der Waals surface area (Å²) in [5.41, 5.74) is 5.84. The second kappa shape index (κ2) is 9.42. The van der Waals surface area contributed by atoms with Gasteiger partial charge >= 0.3 is 0 Å². The summed E-state index contributed by atoms with van der Waals surface area (Å²) in [7, 11) is 0. The molecule has 1 atom stereocenters. The summed E-state index contributed by atoms with van der Waals surface area (Å²) < 4.78 is 0. The van der Waals surface area contributed by atoms with Crippen LogP contribution in [0.15, 0.2) is 48.2 Å². The average Bonchev–Trinajstić information content (AvgIpc) is 3.05. The molecule has 1 saturated heterocycles. The number of piperidine rings is 1. The standard InChI is InChI=1S/C28H35N3O2/c1-6-29(7-2)22-11-13-23(14-12-22)31-27(32)25(24-15-10-19(3)17-21(24)5)26(28(31)33)30-16-8-9-20(4)18-30/h10-15,17,20H,6-9,16,18H2,1-5H3. The largest absolute Gasteiger partial charge is 0.372 e. The maximum absolute atomic E-state index is 13.8. The number of carbonyl (C=O) groups excluding carboxylic acids is 2. The SMILES string of the molecule is CCN(CC)c1ccc(N2C(=O)C(c3ccc(C)cc3C)=C(N3CCCC(C)C3)C2=O)cc1. The molecular formula is C28H35N3O2. The van der Waals surface area contributed by atoms with E-state index >= 15 is 0 Å². The van der Waals surface area contributed by atoms with Crippen LogP contribution >= 0.6 is 0 Å². The average molecular weight is 446 g/mol. The van der Waals surface area contributed by atoms with Crippen molar-refractivity contribution in [2.45, 2.75) is 47.5 Å². The lowest BCUT2D eigenvalue weighted by Crippen LogP contribution is -2.39. The van der Waals surface area contributed by atoms with Crippen molar-refractivity contribution in [1.82, 2.24) is 4.90 Å². The number of rotatable bonds is 6. The van der Waals surface area contributed by atoms with Crippen LogP contribution in [0.2, 0.25) is 0 Å². The van der Waals surface area contributed by atoms with Crippen molar-refractivity contribution >= 4 is 28.8 Å². The van der Waals surface area contributed by atoms with Gasteiger partial charge in [-0.05, 0) is 81.8 Å². The van der Waals surface area contributed by atoms with Gasteiger partial charge in [0.2, 0.25) is 0 Å². The van der Waals surface area contributed by atoms with Gasteiger partial charge in [0.25, 0.3) is 11.8 Å². The molecule has 174 valence electrons. The van der Waals surface area contributed by atoms with E-state index in [0.717, 1.165) is 61.4 Å². The third-order valence-corrected chi connectivity index (χ3v) is 6.92. The molecule has 2 heterocycles. The molecule has 2 aromatic rings. The van der Waals surface area contributed by atoms with E-state index in [1.807, 2.05) is 50.2 Å². The molecule has 2 aliphatic heterocycles. The number of amides is 2. The number of anilines is 2. The van der Waals surface area contributed by atoms with E-state index in [1.54, 1.807) is 0 Å². The molecule has 0 aromatic heterocycles. The Bertz CT molecular complexity index is 1080. The zero-order chi connectivity index (χ0) is 23.7. The normalized spacial score (nSPS) is 19.0. The van der Waals surface area contributed by atoms with Crippen LogP contribution in [0.25, 0.3) is 5.57 Å². The molecule has 1 unspecified atom stereocenters. The van der Waals surface area contributed by atoms with Gasteiger partial charge in [-0.1, -0.05) is 30.7 Å². The highest BCUT2D eigenvalue weighted by Gasteiger charge is 2.43. The van der Waals surface area contributed by atoms with E-state index in [1.165, 1.54) is 4.90 Å². The summed E-state index contributed by atoms with van der Waals surface area (Å²) in [6.45, 7) is 14.0. The molecule has 5 nitrogen and oxygen atoms in total. The Balaban J connectivity index is 1.78. The molecule has 0 saturated carbocycles. The van der Waals surface area contributed by atoms with Crippen LogP contribution in [-0.4, -0.2) is 42.9 Å². The number of benzene rings is 2. The van der Waals surface area contributed by atoms with Crippen LogP contribution in [0, 0.1) is 19.8 Å². The van der Waals surface area contributed by atoms with Crippen LogP contribution in [0.3, 0.4) is 0 Å². The molecule has 0 bridgehead atoms. The summed E-state index contributed by atoms with van der Waals surface area (Å²) >= 11 is 0. The molecule has 2 amide bonds. The summed E-state index contributed by atoms with van der Waals surface area (Å²) in [5.74, 6) is 0.0624. The van der Waals surface area contributed by atoms with E-state index in [9.17, 15) is 9.59 Å². The highest BCUT2D eigenvalue weighted by atomic mass is 16.2. The van der Waals surface area contributed by atoms with Gasteiger partial charge in [0.15, 0.2) is 0 Å². The first kappa shape index (κ1) is 23.1. The van der Waals surface area contributed by atoms with Gasteiger partial charge in [-0.15, -0.1) is 0 Å². The second-order valence-corrected chi connectivity index (χ2v) is 9.37. The number of carbonyl (C=O) groups is 2. The van der Waals surface area contributed by atoms with E-state index in [4.69, 9.17) is 0 Å². The van der Waals surface area contributed by atoms with Crippen LogP contribution < -0.4 is 9.80 Å². The lowest BCUT2D eigenvalue weighted by atomic mass is 9.95. The first-order chi connectivity index (χ1) is 15.8. The predicted octanol–water partition coefficient (Wildman–Crippen LogP) is 5.17. The monoisotopic (exact) mass is 445 g/mol. The first-order valence-electron chi connectivity index (χ1n) is 12.2. The molecule has 0 spiro atoms. The summed E-state index contributed by atoms with van der Waals surface area (Å²) in [4.78, 5) is 33.4. The molecule has 5 heteroatoms. The number of aryl methyl sites for hydroxylation is 2. The zero-order valence-corrected chi connectivity index (χ0v) is 20.5. The lowest BCUT2D eigenvalue weighted by Gasteiger charge is -2.33. The van der Waals surface area contributed by atoms with Crippen LogP contribution in [0.1, 0.15) is 50.3 Å². The Morgan fingerprint density at radius 3 is 2.27 bits per heavy atom. The maximum atomic E-state index is 13.8. The topological polar surface area (TPSA) is 43.9 Å². The van der Waals surface area contributed by atoms with Gasteiger partial charge in [-0.25, -0.2) is 4.90 Å². The number of likely N-dealkylation sites (tertiary alicyclic amines) is 1. The molecular weight excluding hydrogens is 410 g/mol. The minimum Gasteiger partial charge on any atom is -0.372 e. The Kier molecular flexibility index (Phi) is 6.59. The maximum Gasteiger partial charge on any atom is 0.282 e. The van der Waals surface area contributed by atoms with Crippen LogP contribution in [-0.2, 0) is 9.59 Å². The Labute approximate surface area is 197 Å². The molecule has 0 aliphatic carbocycles. The number of nitrogens with zero attached hydrogens (tertiary/aromatic N) is 3. The zero-order valence-electron chi connectivity index (χ0n) is 20.5. The fourth-order valence-corrected chi connectivity index (χ4v) is 5.18. The van der Waals surface area contributed by atoms with Crippen molar-refractivity contribution in [2.24, 2.45) is 5.92 Å². The van der Waals surface area contributed by atoms with E-state index in [2.05, 4.69) is 36.6 Å². The van der Waals surface area contributed by atoms with Gasteiger partial charge in [0, 0.05) is 31.9 Å². The van der Waals surface area contributed by atoms with Crippen molar-refractivity contribution in [3.05, 3.63) is 64.9 Å². The third-order valence-electron chi connectivity index (χ3n) is 6.92. The van der Waals surface area contributed by atoms with Crippen molar-refractivity contribution in [2.75, 3.05) is 36.0 Å². The summed E-state index contributed by atoms with van der Waals surface area (Å²) in [6, 6.07) is 13.9. The molecule has 2 aromatic carbocycles. The second-order valence-electron chi connectivity index (χ2n) is 9.37. The Hall–Kier alpha value is -3.08. The van der Waals surface area contributed by atoms with Crippen molar-refractivity contribution < 1.29 is 9.59 Å². The van der Waals surface area contributed by atoms with Gasteiger partial charge in [0.05, 0.1) is 11.3 Å². The highest BCUT2D eigenvalue weighted by Crippen LogP contribution is 2.38. The number of imide groups is 1. The number of hydrogen-bond donors (Lipinski definition) is 0. The highest BCUT2D eigenvalue weighted by molar-refractivity contribution is 6.45. The van der Waals surface area contributed by atoms with E-state index < -0.39 is 0 Å². The molecule has 0 N–H and O–H groups in total. The van der Waals surface area contributed by atoms with Crippen molar-refractivity contribution in [1.29, 1.82) is 0 Å². The quantitative estimate of drug-likeness (QED) is 0.576. The van der Waals surface area contributed by atoms with E-state index in [0.29, 0.717) is 22.9 Å². The Morgan fingerprint density at radius 1 is 0.970 bits per heavy atom. The Morgan fingerprint density at radius 2 is 1.67 bits per heavy atom. The van der Waals surface area contributed by atoms with Crippen molar-refractivity contribution in [3.63, 3.8) is 0 Å². The fraction of sp³-hybridized carbons (Fsp3) is 0.429. The fourth-order valence-electron chi connectivity index (χ4n) is 5.18. The molecule has 2 aliphatic rings. The molecule has 1 fully saturated rings. The molecule has 33 heavy (non-hydrogen) atoms. The first-order valence-corrected chi connectivity index (χ1v) is 12.2. The molecule has 0 radical (unpaired) electrons. The minimum absolute atomic E-state index is 0.209. The van der Waals surface area contributed by atoms with Gasteiger partial charge in [-0.3, -0.25) is 9.59 Å². The smallest absolute Gasteiger partial charge is 0.282 e. The summed E-state index contributed by atoms with van der Waals surface area (Å²) in [5, 5.41) is 0. The van der Waals surface area contributed by atoms with Gasteiger partial charge < -0.3 is 9.80 Å².